The molecule has 0 aliphatic rings. The summed E-state index contributed by atoms with van der Waals surface area (Å²) in [6.45, 7) is 1.92. The average Bonchev–Trinajstić information content (AvgIpc) is 3.06. The van der Waals surface area contributed by atoms with Crippen molar-refractivity contribution in [2.24, 2.45) is 0 Å². The molecular formula is C18H19N3O2. The first-order chi connectivity index (χ1) is 11.2. The van der Waals surface area contributed by atoms with E-state index in [0.717, 1.165) is 22.6 Å². The fraction of sp³-hybridized carbons (Fsp3) is 0.222. The Bertz CT molecular complexity index is 767. The van der Waals surface area contributed by atoms with Crippen molar-refractivity contribution in [1.29, 1.82) is 0 Å². The first-order valence-electron chi connectivity index (χ1n) is 7.49. The molecule has 3 rings (SSSR count). The van der Waals surface area contributed by atoms with E-state index in [1.807, 2.05) is 47.1 Å². The molecule has 0 aliphatic carbocycles. The van der Waals surface area contributed by atoms with E-state index >= 15 is 0 Å². The van der Waals surface area contributed by atoms with Gasteiger partial charge in [-0.25, -0.2) is 4.68 Å². The van der Waals surface area contributed by atoms with Gasteiger partial charge >= 0.3 is 0 Å². The summed E-state index contributed by atoms with van der Waals surface area (Å²) >= 11 is 0. The topological polar surface area (TPSA) is 60.2 Å². The van der Waals surface area contributed by atoms with Crippen molar-refractivity contribution in [3.63, 3.8) is 0 Å². The molecular weight excluding hydrogens is 290 g/mol. The molecule has 23 heavy (non-hydrogen) atoms. The van der Waals surface area contributed by atoms with Gasteiger partial charge in [-0.05, 0) is 36.8 Å². The fourth-order valence-corrected chi connectivity index (χ4v) is 2.62. The molecule has 0 bridgehead atoms. The minimum absolute atomic E-state index is 0.0149. The second kappa shape index (κ2) is 6.62. The number of rotatable bonds is 5. The van der Waals surface area contributed by atoms with Crippen molar-refractivity contribution < 1.29 is 9.84 Å². The van der Waals surface area contributed by atoms with Gasteiger partial charge in [0.15, 0.2) is 0 Å². The van der Waals surface area contributed by atoms with Gasteiger partial charge in [0.1, 0.15) is 11.4 Å². The van der Waals surface area contributed by atoms with E-state index in [-0.39, 0.29) is 12.6 Å². The molecule has 5 nitrogen and oxygen atoms in total. The van der Waals surface area contributed by atoms with Crippen LogP contribution in [0.15, 0.2) is 54.6 Å². The van der Waals surface area contributed by atoms with Crippen LogP contribution in [0, 0.1) is 0 Å². The fourth-order valence-electron chi connectivity index (χ4n) is 2.62. The van der Waals surface area contributed by atoms with E-state index in [2.05, 4.69) is 29.4 Å². The number of ether oxygens (including phenoxy) is 1. The van der Waals surface area contributed by atoms with E-state index in [9.17, 15) is 5.11 Å². The maximum Gasteiger partial charge on any atom is 0.118 e. The van der Waals surface area contributed by atoms with Gasteiger partial charge in [-0.3, -0.25) is 0 Å². The number of aliphatic hydroxyl groups excluding tert-OH is 1. The van der Waals surface area contributed by atoms with Crippen LogP contribution in [0.1, 0.15) is 24.2 Å². The number of benzene rings is 2. The van der Waals surface area contributed by atoms with E-state index in [1.165, 1.54) is 0 Å². The molecule has 1 N–H and O–H groups in total. The van der Waals surface area contributed by atoms with Crippen LogP contribution >= 0.6 is 0 Å². The second-order valence-corrected chi connectivity index (χ2v) is 5.30. The molecule has 0 radical (unpaired) electrons. The van der Waals surface area contributed by atoms with E-state index < -0.39 is 0 Å². The Hall–Kier alpha value is -2.66. The van der Waals surface area contributed by atoms with Gasteiger partial charge in [-0.2, -0.15) is 0 Å². The Morgan fingerprint density at radius 1 is 1.09 bits per heavy atom. The standard InChI is InChI=1S/C18H19N3O2/c1-13(14-6-4-3-5-7-14)21-18(17(12-22)19-20-21)15-8-10-16(23-2)11-9-15/h3-11,13,22H,12H2,1-2H3. The third kappa shape index (κ3) is 2.96. The Labute approximate surface area is 135 Å². The maximum absolute atomic E-state index is 9.61. The monoisotopic (exact) mass is 309 g/mol. The van der Waals surface area contributed by atoms with Crippen LogP contribution in [0.2, 0.25) is 0 Å². The zero-order valence-electron chi connectivity index (χ0n) is 13.2. The summed E-state index contributed by atoms with van der Waals surface area (Å²) in [5, 5.41) is 18.0. The Morgan fingerprint density at radius 3 is 2.39 bits per heavy atom. The Morgan fingerprint density at radius 2 is 1.78 bits per heavy atom. The van der Waals surface area contributed by atoms with Crippen molar-refractivity contribution >= 4 is 0 Å². The lowest BCUT2D eigenvalue weighted by Crippen LogP contribution is -2.10. The highest BCUT2D eigenvalue weighted by molar-refractivity contribution is 5.63. The zero-order valence-corrected chi connectivity index (χ0v) is 13.2. The summed E-state index contributed by atoms with van der Waals surface area (Å²) in [5.41, 5.74) is 3.48. The number of aliphatic hydroxyl groups is 1. The third-order valence-corrected chi connectivity index (χ3v) is 3.93. The molecule has 0 spiro atoms. The molecule has 0 fully saturated rings. The largest absolute Gasteiger partial charge is 0.497 e. The van der Waals surface area contributed by atoms with E-state index in [1.54, 1.807) is 7.11 Å². The lowest BCUT2D eigenvalue weighted by molar-refractivity contribution is 0.277. The van der Waals surface area contributed by atoms with Crippen molar-refractivity contribution in [1.82, 2.24) is 15.0 Å². The number of hydrogen-bond donors (Lipinski definition) is 1. The highest BCUT2D eigenvalue weighted by atomic mass is 16.5. The molecule has 1 atom stereocenters. The van der Waals surface area contributed by atoms with Gasteiger partial charge < -0.3 is 9.84 Å². The van der Waals surface area contributed by atoms with Gasteiger partial charge in [0.2, 0.25) is 0 Å². The van der Waals surface area contributed by atoms with Crippen LogP contribution in [-0.4, -0.2) is 27.2 Å². The molecule has 1 unspecified atom stereocenters. The molecule has 0 saturated heterocycles. The van der Waals surface area contributed by atoms with Crippen molar-refractivity contribution in [2.75, 3.05) is 7.11 Å². The van der Waals surface area contributed by atoms with Crippen molar-refractivity contribution in [3.05, 3.63) is 65.9 Å². The molecule has 118 valence electrons. The minimum atomic E-state index is -0.150. The van der Waals surface area contributed by atoms with Gasteiger partial charge in [0.05, 0.1) is 25.5 Å². The smallest absolute Gasteiger partial charge is 0.118 e. The minimum Gasteiger partial charge on any atom is -0.497 e. The van der Waals surface area contributed by atoms with Gasteiger partial charge in [-0.1, -0.05) is 35.5 Å². The second-order valence-electron chi connectivity index (χ2n) is 5.30. The molecule has 5 heteroatoms. The molecule has 0 amide bonds. The van der Waals surface area contributed by atoms with E-state index in [0.29, 0.717) is 5.69 Å². The van der Waals surface area contributed by atoms with Gasteiger partial charge in [0, 0.05) is 5.56 Å². The highest BCUT2D eigenvalue weighted by Crippen LogP contribution is 2.29. The van der Waals surface area contributed by atoms with Crippen LogP contribution < -0.4 is 4.74 Å². The Balaban J connectivity index is 2.06. The first-order valence-corrected chi connectivity index (χ1v) is 7.49. The summed E-state index contributed by atoms with van der Waals surface area (Å²) in [4.78, 5) is 0. The molecule has 2 aromatic carbocycles. The molecule has 0 saturated carbocycles. The zero-order chi connectivity index (χ0) is 16.2. The predicted molar refractivity (Wildman–Crippen MR) is 88.2 cm³/mol. The molecule has 1 aromatic heterocycles. The molecule has 0 aliphatic heterocycles. The van der Waals surface area contributed by atoms with Crippen LogP contribution in [0.4, 0.5) is 0 Å². The van der Waals surface area contributed by atoms with Crippen LogP contribution in [0.5, 0.6) is 5.75 Å². The number of nitrogens with zero attached hydrogens (tertiary/aromatic N) is 3. The maximum atomic E-state index is 9.61. The van der Waals surface area contributed by atoms with Crippen molar-refractivity contribution in [2.45, 2.75) is 19.6 Å². The summed E-state index contributed by atoms with van der Waals surface area (Å²) in [7, 11) is 1.64. The summed E-state index contributed by atoms with van der Waals surface area (Å²) in [5.74, 6) is 0.787. The number of hydrogen-bond acceptors (Lipinski definition) is 4. The lowest BCUT2D eigenvalue weighted by atomic mass is 10.1. The molecule has 3 aromatic rings. The van der Waals surface area contributed by atoms with Crippen molar-refractivity contribution in [3.8, 4) is 17.0 Å². The quantitative estimate of drug-likeness (QED) is 0.787. The average molecular weight is 309 g/mol. The molecule has 1 heterocycles. The lowest BCUT2D eigenvalue weighted by Gasteiger charge is -2.16. The SMILES string of the molecule is COc1ccc(-c2c(CO)nnn2C(C)c2ccccc2)cc1. The number of aromatic nitrogens is 3. The number of methoxy groups -OCH3 is 1. The summed E-state index contributed by atoms with van der Waals surface area (Å²) in [6.07, 6.45) is 0. The van der Waals surface area contributed by atoms with Gasteiger partial charge in [0.25, 0.3) is 0 Å². The summed E-state index contributed by atoms with van der Waals surface area (Å²) in [6, 6.07) is 17.8. The van der Waals surface area contributed by atoms with Crippen LogP contribution in [0.25, 0.3) is 11.3 Å². The third-order valence-electron chi connectivity index (χ3n) is 3.93. The van der Waals surface area contributed by atoms with Gasteiger partial charge in [-0.15, -0.1) is 5.10 Å². The summed E-state index contributed by atoms with van der Waals surface area (Å²) < 4.78 is 7.05. The van der Waals surface area contributed by atoms with Crippen LogP contribution in [0.3, 0.4) is 0 Å². The Kier molecular flexibility index (Phi) is 4.39. The van der Waals surface area contributed by atoms with E-state index in [4.69, 9.17) is 4.74 Å². The van der Waals surface area contributed by atoms with Crippen LogP contribution in [-0.2, 0) is 6.61 Å². The highest BCUT2D eigenvalue weighted by Gasteiger charge is 2.19. The predicted octanol–water partition coefficient (Wildman–Crippen LogP) is 3.06. The normalized spacial score (nSPS) is 12.1. The first kappa shape index (κ1) is 15.2.